The van der Waals surface area contributed by atoms with Crippen molar-refractivity contribution in [3.8, 4) is 0 Å². The Morgan fingerprint density at radius 3 is 2.92 bits per heavy atom. The molecule has 1 amide bonds. The lowest BCUT2D eigenvalue weighted by atomic mass is 9.94. The van der Waals surface area contributed by atoms with Gasteiger partial charge in [-0.15, -0.1) is 0 Å². The molecule has 0 saturated heterocycles. The average molecular weight is 339 g/mol. The van der Waals surface area contributed by atoms with Crippen LogP contribution in [-0.2, 0) is 17.6 Å². The molecule has 0 bridgehead atoms. The summed E-state index contributed by atoms with van der Waals surface area (Å²) in [5.74, 6) is -0.0450. The van der Waals surface area contributed by atoms with Gasteiger partial charge in [-0.25, -0.2) is 0 Å². The molecule has 1 unspecified atom stereocenters. The Kier molecular flexibility index (Phi) is 5.40. The molecule has 0 saturated carbocycles. The smallest absolute Gasteiger partial charge is 0.269 e. The number of hydrogen-bond donors (Lipinski definition) is 2. The van der Waals surface area contributed by atoms with Crippen LogP contribution in [0.4, 0.5) is 5.69 Å². The van der Waals surface area contributed by atoms with Gasteiger partial charge in [0.15, 0.2) is 0 Å². The van der Waals surface area contributed by atoms with Crippen LogP contribution >= 0.6 is 0 Å². The highest BCUT2D eigenvalue weighted by atomic mass is 16.6. The van der Waals surface area contributed by atoms with E-state index in [9.17, 15) is 14.9 Å². The number of non-ortho nitro benzene ring substituents is 1. The summed E-state index contributed by atoms with van der Waals surface area (Å²) in [4.78, 5) is 22.5. The summed E-state index contributed by atoms with van der Waals surface area (Å²) < 4.78 is 0. The molecule has 6 heteroatoms. The molecule has 0 radical (unpaired) electrons. The number of nitrogens with zero attached hydrogens (tertiary/aromatic N) is 1. The molecule has 0 aliphatic carbocycles. The van der Waals surface area contributed by atoms with E-state index < -0.39 is 4.92 Å². The molecule has 1 atom stereocenters. The zero-order valence-electron chi connectivity index (χ0n) is 13.9. The Morgan fingerprint density at radius 1 is 1.24 bits per heavy atom. The SMILES string of the molecule is O=C(CCc1cccc([N+](=O)[O-])c1)NCC1NCCc2ccccc21. The van der Waals surface area contributed by atoms with Gasteiger partial charge >= 0.3 is 0 Å². The molecule has 0 fully saturated rings. The second kappa shape index (κ2) is 7.90. The van der Waals surface area contributed by atoms with Gasteiger partial charge < -0.3 is 10.6 Å². The number of amides is 1. The van der Waals surface area contributed by atoms with Gasteiger partial charge in [0.05, 0.1) is 4.92 Å². The van der Waals surface area contributed by atoms with Crippen LogP contribution in [0, 0.1) is 10.1 Å². The van der Waals surface area contributed by atoms with Crippen LogP contribution < -0.4 is 10.6 Å². The first-order valence-electron chi connectivity index (χ1n) is 8.44. The number of rotatable bonds is 6. The Balaban J connectivity index is 1.51. The van der Waals surface area contributed by atoms with E-state index in [0.29, 0.717) is 19.4 Å². The van der Waals surface area contributed by atoms with Crippen LogP contribution in [0.1, 0.15) is 29.2 Å². The Bertz CT molecular complexity index is 776. The highest BCUT2D eigenvalue weighted by Gasteiger charge is 2.19. The van der Waals surface area contributed by atoms with E-state index in [0.717, 1.165) is 18.5 Å². The summed E-state index contributed by atoms with van der Waals surface area (Å²) in [7, 11) is 0. The van der Waals surface area contributed by atoms with Gasteiger partial charge in [-0.3, -0.25) is 14.9 Å². The zero-order chi connectivity index (χ0) is 17.6. The fourth-order valence-electron chi connectivity index (χ4n) is 3.16. The normalized spacial score (nSPS) is 16.1. The van der Waals surface area contributed by atoms with E-state index in [4.69, 9.17) is 0 Å². The van der Waals surface area contributed by atoms with Gasteiger partial charge in [0, 0.05) is 31.1 Å². The number of nitrogens with one attached hydrogen (secondary N) is 2. The lowest BCUT2D eigenvalue weighted by Crippen LogP contribution is -2.38. The summed E-state index contributed by atoms with van der Waals surface area (Å²) in [6, 6.07) is 14.8. The summed E-state index contributed by atoms with van der Waals surface area (Å²) in [6.07, 6.45) is 1.81. The maximum Gasteiger partial charge on any atom is 0.269 e. The number of benzene rings is 2. The number of carbonyl (C=O) groups is 1. The fraction of sp³-hybridized carbons (Fsp3) is 0.316. The van der Waals surface area contributed by atoms with Crippen molar-refractivity contribution in [1.82, 2.24) is 10.6 Å². The molecular formula is C19H21N3O3. The van der Waals surface area contributed by atoms with Crippen molar-refractivity contribution < 1.29 is 9.72 Å². The van der Waals surface area contributed by atoms with Crippen molar-refractivity contribution >= 4 is 11.6 Å². The second-order valence-corrected chi connectivity index (χ2v) is 6.19. The number of nitro benzene ring substituents is 1. The lowest BCUT2D eigenvalue weighted by Gasteiger charge is -2.27. The van der Waals surface area contributed by atoms with Crippen molar-refractivity contribution in [2.75, 3.05) is 13.1 Å². The molecule has 1 aliphatic heterocycles. The first kappa shape index (κ1) is 17.1. The summed E-state index contributed by atoms with van der Waals surface area (Å²) in [5.41, 5.74) is 3.43. The Morgan fingerprint density at radius 2 is 2.08 bits per heavy atom. The first-order chi connectivity index (χ1) is 12.1. The van der Waals surface area contributed by atoms with Crippen LogP contribution in [0.3, 0.4) is 0 Å². The number of hydrogen-bond acceptors (Lipinski definition) is 4. The summed E-state index contributed by atoms with van der Waals surface area (Å²) >= 11 is 0. The number of carbonyl (C=O) groups excluding carboxylic acids is 1. The van der Waals surface area contributed by atoms with Crippen molar-refractivity contribution in [2.24, 2.45) is 0 Å². The summed E-state index contributed by atoms with van der Waals surface area (Å²) in [6.45, 7) is 1.45. The van der Waals surface area contributed by atoms with E-state index in [2.05, 4.69) is 22.8 Å². The van der Waals surface area contributed by atoms with Gasteiger partial charge in [0.1, 0.15) is 0 Å². The first-order valence-corrected chi connectivity index (χ1v) is 8.44. The molecule has 25 heavy (non-hydrogen) atoms. The Hall–Kier alpha value is -2.73. The van der Waals surface area contributed by atoms with Crippen LogP contribution in [0.2, 0.25) is 0 Å². The van der Waals surface area contributed by atoms with Crippen LogP contribution in [-0.4, -0.2) is 23.9 Å². The molecule has 130 valence electrons. The van der Waals surface area contributed by atoms with Gasteiger partial charge in [0.25, 0.3) is 5.69 Å². The molecule has 0 aromatic heterocycles. The molecule has 2 N–H and O–H groups in total. The van der Waals surface area contributed by atoms with E-state index in [-0.39, 0.29) is 17.6 Å². The topological polar surface area (TPSA) is 84.3 Å². The minimum Gasteiger partial charge on any atom is -0.354 e. The second-order valence-electron chi connectivity index (χ2n) is 6.19. The Labute approximate surface area is 146 Å². The average Bonchev–Trinajstić information content (AvgIpc) is 2.65. The molecule has 6 nitrogen and oxygen atoms in total. The van der Waals surface area contributed by atoms with E-state index in [1.54, 1.807) is 12.1 Å². The van der Waals surface area contributed by atoms with Crippen molar-refractivity contribution in [2.45, 2.75) is 25.3 Å². The number of aryl methyl sites for hydroxylation is 1. The monoisotopic (exact) mass is 339 g/mol. The third-order valence-electron chi connectivity index (χ3n) is 4.48. The molecule has 0 spiro atoms. The van der Waals surface area contributed by atoms with E-state index in [1.165, 1.54) is 23.3 Å². The van der Waals surface area contributed by atoms with Crippen molar-refractivity contribution in [3.63, 3.8) is 0 Å². The van der Waals surface area contributed by atoms with Crippen LogP contribution in [0.15, 0.2) is 48.5 Å². The lowest BCUT2D eigenvalue weighted by molar-refractivity contribution is -0.384. The van der Waals surface area contributed by atoms with Gasteiger partial charge in [0.2, 0.25) is 5.91 Å². The summed E-state index contributed by atoms with van der Waals surface area (Å²) in [5, 5.41) is 17.2. The van der Waals surface area contributed by atoms with Gasteiger partial charge in [-0.05, 0) is 36.1 Å². The van der Waals surface area contributed by atoms with Crippen LogP contribution in [0.25, 0.3) is 0 Å². The number of fused-ring (bicyclic) bond motifs is 1. The van der Waals surface area contributed by atoms with Crippen molar-refractivity contribution in [1.29, 1.82) is 0 Å². The largest absolute Gasteiger partial charge is 0.354 e. The molecule has 2 aromatic rings. The van der Waals surface area contributed by atoms with E-state index in [1.807, 2.05) is 12.1 Å². The molecule has 1 heterocycles. The van der Waals surface area contributed by atoms with Crippen molar-refractivity contribution in [3.05, 3.63) is 75.3 Å². The minimum absolute atomic E-state index is 0.0450. The van der Waals surface area contributed by atoms with Crippen LogP contribution in [0.5, 0.6) is 0 Å². The minimum atomic E-state index is -0.421. The predicted octanol–water partition coefficient (Wildman–Crippen LogP) is 2.53. The third kappa shape index (κ3) is 4.42. The fourth-order valence-corrected chi connectivity index (χ4v) is 3.16. The maximum absolute atomic E-state index is 12.1. The van der Waals surface area contributed by atoms with Gasteiger partial charge in [-0.1, -0.05) is 36.4 Å². The predicted molar refractivity (Wildman–Crippen MR) is 95.3 cm³/mol. The molecular weight excluding hydrogens is 318 g/mol. The third-order valence-corrected chi connectivity index (χ3v) is 4.48. The highest BCUT2D eigenvalue weighted by Crippen LogP contribution is 2.22. The molecule has 2 aromatic carbocycles. The standard InChI is InChI=1S/C19H21N3O3/c23-19(9-8-14-4-3-6-16(12-14)22(24)25)21-13-18-17-7-2-1-5-15(17)10-11-20-18/h1-7,12,18,20H,8-11,13H2,(H,21,23). The maximum atomic E-state index is 12.1. The zero-order valence-corrected chi connectivity index (χ0v) is 13.9. The molecule has 1 aliphatic rings. The number of nitro groups is 1. The van der Waals surface area contributed by atoms with Gasteiger partial charge in [-0.2, -0.15) is 0 Å². The molecule has 3 rings (SSSR count). The highest BCUT2D eigenvalue weighted by molar-refractivity contribution is 5.76. The van der Waals surface area contributed by atoms with E-state index >= 15 is 0 Å². The quantitative estimate of drug-likeness (QED) is 0.626.